The first-order chi connectivity index (χ1) is 14.2. The number of benzene rings is 2. The number of hydrogen-bond donors (Lipinski definition) is 0. The SMILES string of the molecule is Cc1cc(Oc2coc3cc(OCC(=O)OCC(C)C)ccc3c2=O)cc(C)c1Cl. The van der Waals surface area contributed by atoms with Crippen LogP contribution in [0, 0.1) is 19.8 Å². The van der Waals surface area contributed by atoms with Gasteiger partial charge >= 0.3 is 5.97 Å². The summed E-state index contributed by atoms with van der Waals surface area (Å²) in [5.41, 5.74) is 1.71. The number of aryl methyl sites for hydroxylation is 2. The average Bonchev–Trinajstić information content (AvgIpc) is 2.71. The van der Waals surface area contributed by atoms with E-state index in [0.717, 1.165) is 11.1 Å². The summed E-state index contributed by atoms with van der Waals surface area (Å²) >= 11 is 6.18. The Balaban J connectivity index is 1.76. The minimum atomic E-state index is -0.456. The maximum absolute atomic E-state index is 12.8. The van der Waals surface area contributed by atoms with E-state index in [2.05, 4.69) is 0 Å². The number of rotatable bonds is 7. The van der Waals surface area contributed by atoms with Crippen LogP contribution in [0.1, 0.15) is 25.0 Å². The van der Waals surface area contributed by atoms with Crippen LogP contribution in [-0.2, 0) is 9.53 Å². The number of hydrogen-bond acceptors (Lipinski definition) is 6. The summed E-state index contributed by atoms with van der Waals surface area (Å²) in [6.45, 7) is 7.75. The second-order valence-electron chi connectivity index (χ2n) is 7.43. The van der Waals surface area contributed by atoms with Crippen molar-refractivity contribution in [3.63, 3.8) is 0 Å². The third kappa shape index (κ3) is 5.13. The first-order valence-electron chi connectivity index (χ1n) is 9.53. The molecule has 0 N–H and O–H groups in total. The number of carbonyl (C=O) groups is 1. The zero-order valence-electron chi connectivity index (χ0n) is 17.3. The maximum atomic E-state index is 12.8. The molecule has 1 aromatic heterocycles. The van der Waals surface area contributed by atoms with Gasteiger partial charge in [0, 0.05) is 11.1 Å². The van der Waals surface area contributed by atoms with Crippen molar-refractivity contribution in [1.29, 1.82) is 0 Å². The Kier molecular flexibility index (Phi) is 6.67. The lowest BCUT2D eigenvalue weighted by Crippen LogP contribution is -2.17. The van der Waals surface area contributed by atoms with E-state index >= 15 is 0 Å². The molecule has 0 saturated carbocycles. The predicted molar refractivity (Wildman–Crippen MR) is 115 cm³/mol. The lowest BCUT2D eigenvalue weighted by Gasteiger charge is -2.10. The Morgan fingerprint density at radius 3 is 2.47 bits per heavy atom. The highest BCUT2D eigenvalue weighted by Gasteiger charge is 2.13. The molecule has 7 heteroatoms. The van der Waals surface area contributed by atoms with E-state index in [-0.39, 0.29) is 23.7 Å². The highest BCUT2D eigenvalue weighted by Crippen LogP contribution is 2.29. The molecule has 6 nitrogen and oxygen atoms in total. The van der Waals surface area contributed by atoms with Crippen molar-refractivity contribution in [1.82, 2.24) is 0 Å². The fraction of sp³-hybridized carbons (Fsp3) is 0.304. The van der Waals surface area contributed by atoms with E-state index in [1.165, 1.54) is 6.26 Å². The van der Waals surface area contributed by atoms with Gasteiger partial charge in [0.2, 0.25) is 11.2 Å². The van der Waals surface area contributed by atoms with Gasteiger partial charge in [0.15, 0.2) is 6.61 Å². The third-order valence-corrected chi connectivity index (χ3v) is 4.88. The predicted octanol–water partition coefficient (Wildman–Crippen LogP) is 5.43. The summed E-state index contributed by atoms with van der Waals surface area (Å²) in [5.74, 6) is 0.754. The Hall–Kier alpha value is -2.99. The lowest BCUT2D eigenvalue weighted by molar-refractivity contribution is -0.147. The quantitative estimate of drug-likeness (QED) is 0.465. The molecule has 30 heavy (non-hydrogen) atoms. The van der Waals surface area contributed by atoms with Gasteiger partial charge in [0.25, 0.3) is 0 Å². The summed E-state index contributed by atoms with van der Waals surface area (Å²) in [6.07, 6.45) is 1.25. The van der Waals surface area contributed by atoms with Crippen LogP contribution in [0.15, 0.2) is 45.8 Å². The van der Waals surface area contributed by atoms with Crippen molar-refractivity contribution in [3.05, 3.63) is 63.0 Å². The van der Waals surface area contributed by atoms with Crippen molar-refractivity contribution in [3.8, 4) is 17.2 Å². The van der Waals surface area contributed by atoms with Gasteiger partial charge in [0.1, 0.15) is 23.3 Å². The van der Waals surface area contributed by atoms with Crippen LogP contribution in [0.25, 0.3) is 11.0 Å². The van der Waals surface area contributed by atoms with Crippen LogP contribution in [-0.4, -0.2) is 19.2 Å². The number of esters is 1. The highest BCUT2D eigenvalue weighted by atomic mass is 35.5. The van der Waals surface area contributed by atoms with Crippen LogP contribution >= 0.6 is 11.6 Å². The normalized spacial score (nSPS) is 11.0. The van der Waals surface area contributed by atoms with Crippen molar-refractivity contribution >= 4 is 28.5 Å². The third-order valence-electron chi connectivity index (χ3n) is 4.29. The van der Waals surface area contributed by atoms with Crippen LogP contribution < -0.4 is 14.9 Å². The van der Waals surface area contributed by atoms with Gasteiger partial charge < -0.3 is 18.6 Å². The van der Waals surface area contributed by atoms with Crippen molar-refractivity contribution in [2.24, 2.45) is 5.92 Å². The second kappa shape index (κ2) is 9.22. The molecule has 0 atom stereocenters. The van der Waals surface area contributed by atoms with Gasteiger partial charge in [-0.3, -0.25) is 4.79 Å². The Morgan fingerprint density at radius 1 is 1.10 bits per heavy atom. The Bertz CT molecular complexity index is 1110. The van der Waals surface area contributed by atoms with E-state index < -0.39 is 5.97 Å². The Morgan fingerprint density at radius 2 is 1.80 bits per heavy atom. The van der Waals surface area contributed by atoms with Gasteiger partial charge in [-0.25, -0.2) is 4.79 Å². The molecular formula is C23H23ClO6. The standard InChI is InChI=1S/C23H23ClO6/c1-13(2)10-29-21(25)12-27-16-5-6-18-19(9-16)28-11-20(23(18)26)30-17-7-14(3)22(24)15(4)8-17/h5-9,11,13H,10,12H2,1-4H3. The minimum Gasteiger partial charge on any atom is -0.482 e. The number of carbonyl (C=O) groups excluding carboxylic acids is 1. The van der Waals surface area contributed by atoms with E-state index in [0.29, 0.717) is 34.1 Å². The summed E-state index contributed by atoms with van der Waals surface area (Å²) < 4.78 is 21.8. The van der Waals surface area contributed by atoms with Crippen LogP contribution in [0.5, 0.6) is 17.2 Å². The summed E-state index contributed by atoms with van der Waals surface area (Å²) in [4.78, 5) is 24.5. The fourth-order valence-electron chi connectivity index (χ4n) is 2.79. The van der Waals surface area contributed by atoms with Gasteiger partial charge in [-0.2, -0.15) is 0 Å². The molecule has 1 heterocycles. The van der Waals surface area contributed by atoms with E-state index in [1.54, 1.807) is 30.3 Å². The molecule has 0 unspecified atom stereocenters. The molecule has 2 aromatic carbocycles. The molecule has 3 aromatic rings. The largest absolute Gasteiger partial charge is 0.482 e. The minimum absolute atomic E-state index is 0.0644. The highest BCUT2D eigenvalue weighted by molar-refractivity contribution is 6.32. The van der Waals surface area contributed by atoms with Crippen LogP contribution in [0.2, 0.25) is 5.02 Å². The molecule has 0 radical (unpaired) electrons. The molecule has 0 amide bonds. The van der Waals surface area contributed by atoms with E-state index in [4.69, 9.17) is 30.2 Å². The first-order valence-corrected chi connectivity index (χ1v) is 9.91. The fourth-order valence-corrected chi connectivity index (χ4v) is 2.90. The van der Waals surface area contributed by atoms with Crippen molar-refractivity contribution in [2.75, 3.05) is 13.2 Å². The molecule has 0 spiro atoms. The molecule has 158 valence electrons. The van der Waals surface area contributed by atoms with Crippen molar-refractivity contribution in [2.45, 2.75) is 27.7 Å². The van der Waals surface area contributed by atoms with Crippen molar-refractivity contribution < 1.29 is 23.4 Å². The van der Waals surface area contributed by atoms with Crippen LogP contribution in [0.4, 0.5) is 0 Å². The Labute approximate surface area is 179 Å². The number of fused-ring (bicyclic) bond motifs is 1. The molecule has 0 bridgehead atoms. The zero-order valence-corrected chi connectivity index (χ0v) is 18.0. The number of ether oxygens (including phenoxy) is 3. The second-order valence-corrected chi connectivity index (χ2v) is 7.80. The lowest BCUT2D eigenvalue weighted by atomic mass is 10.1. The monoisotopic (exact) mass is 430 g/mol. The molecule has 0 saturated heterocycles. The van der Waals surface area contributed by atoms with Gasteiger partial charge in [-0.1, -0.05) is 25.4 Å². The average molecular weight is 431 g/mol. The van der Waals surface area contributed by atoms with E-state index in [9.17, 15) is 9.59 Å². The summed E-state index contributed by atoms with van der Waals surface area (Å²) in [7, 11) is 0. The molecular weight excluding hydrogens is 408 g/mol. The van der Waals surface area contributed by atoms with Gasteiger partial charge in [0.05, 0.1) is 12.0 Å². The molecule has 3 rings (SSSR count). The molecule has 0 aliphatic rings. The summed E-state index contributed by atoms with van der Waals surface area (Å²) in [5, 5.41) is 0.998. The smallest absolute Gasteiger partial charge is 0.344 e. The molecule has 0 aliphatic heterocycles. The van der Waals surface area contributed by atoms with Gasteiger partial charge in [-0.15, -0.1) is 0 Å². The summed E-state index contributed by atoms with van der Waals surface area (Å²) in [6, 6.07) is 8.23. The molecule has 0 aliphatic carbocycles. The van der Waals surface area contributed by atoms with Crippen LogP contribution in [0.3, 0.4) is 0 Å². The first kappa shape index (κ1) is 21.7. The molecule has 0 fully saturated rings. The van der Waals surface area contributed by atoms with E-state index in [1.807, 2.05) is 27.7 Å². The van der Waals surface area contributed by atoms with Gasteiger partial charge in [-0.05, 0) is 55.2 Å². The zero-order chi connectivity index (χ0) is 21.8. The number of halogens is 1. The maximum Gasteiger partial charge on any atom is 0.344 e. The topological polar surface area (TPSA) is 75.0 Å².